The van der Waals surface area contributed by atoms with E-state index in [0.717, 1.165) is 35.8 Å². The molecule has 1 N–H and O–H groups in total. The fourth-order valence-electron chi connectivity index (χ4n) is 1.24. The van der Waals surface area contributed by atoms with Crippen LogP contribution in [0, 0.1) is 0 Å². The zero-order chi connectivity index (χ0) is 11.1. The van der Waals surface area contributed by atoms with Gasteiger partial charge in [-0.15, -0.1) is 6.58 Å². The van der Waals surface area contributed by atoms with E-state index >= 15 is 0 Å². The van der Waals surface area contributed by atoms with Gasteiger partial charge in [0, 0.05) is 12.6 Å². The van der Waals surface area contributed by atoms with Crippen molar-refractivity contribution in [3.8, 4) is 5.75 Å². The molecule has 82 valence electrons. The van der Waals surface area contributed by atoms with Gasteiger partial charge < -0.3 is 10.1 Å². The summed E-state index contributed by atoms with van der Waals surface area (Å²) in [6, 6.07) is 5.57. The minimum atomic E-state index is 0.717. The van der Waals surface area contributed by atoms with Crippen molar-refractivity contribution in [3.05, 3.63) is 35.9 Å². The highest BCUT2D eigenvalue weighted by Gasteiger charge is 2.00. The fourth-order valence-corrected chi connectivity index (χ4v) is 1.42. The summed E-state index contributed by atoms with van der Waals surface area (Å²) in [5, 5.41) is 3.98. The summed E-state index contributed by atoms with van der Waals surface area (Å²) >= 11 is 6.03. The van der Waals surface area contributed by atoms with E-state index in [0.29, 0.717) is 0 Å². The smallest absolute Gasteiger partial charge is 0.121 e. The van der Waals surface area contributed by atoms with Crippen molar-refractivity contribution < 1.29 is 4.74 Å². The first-order chi connectivity index (χ1) is 7.27. The maximum absolute atomic E-state index is 6.03. The van der Waals surface area contributed by atoms with Crippen molar-refractivity contribution in [2.75, 3.05) is 19.0 Å². The molecule has 0 amide bonds. The maximum atomic E-state index is 6.03. The molecule has 3 heteroatoms. The maximum Gasteiger partial charge on any atom is 0.121 e. The highest BCUT2D eigenvalue weighted by Crippen LogP contribution is 2.26. The first kappa shape index (κ1) is 11.9. The van der Waals surface area contributed by atoms with Gasteiger partial charge in [-0.05, 0) is 25.0 Å². The predicted molar refractivity (Wildman–Crippen MR) is 65.9 cm³/mol. The van der Waals surface area contributed by atoms with Crippen molar-refractivity contribution in [1.29, 1.82) is 0 Å². The van der Waals surface area contributed by atoms with Crippen LogP contribution in [0.2, 0.25) is 5.02 Å². The van der Waals surface area contributed by atoms with Gasteiger partial charge in [-0.3, -0.25) is 0 Å². The average Bonchev–Trinajstić information content (AvgIpc) is 2.26. The standard InChI is InChI=1S/C12H16ClNO/c1-3-4-5-8-14-12-9-10(15-2)6-7-11(12)13/h3,6-7,9,14H,1,4-5,8H2,2H3. The number of allylic oxidation sites excluding steroid dienone is 1. The molecular formula is C12H16ClNO. The monoisotopic (exact) mass is 225 g/mol. The minimum absolute atomic E-state index is 0.717. The van der Waals surface area contributed by atoms with E-state index in [1.165, 1.54) is 0 Å². The zero-order valence-electron chi connectivity index (χ0n) is 8.92. The largest absolute Gasteiger partial charge is 0.497 e. The van der Waals surface area contributed by atoms with Crippen molar-refractivity contribution in [2.45, 2.75) is 12.8 Å². The Balaban J connectivity index is 2.54. The second-order valence-electron chi connectivity index (χ2n) is 3.20. The van der Waals surface area contributed by atoms with Gasteiger partial charge in [0.1, 0.15) is 5.75 Å². The molecule has 0 aliphatic rings. The van der Waals surface area contributed by atoms with E-state index in [9.17, 15) is 0 Å². The molecule has 1 rings (SSSR count). The predicted octanol–water partition coefficient (Wildman–Crippen LogP) is 3.73. The van der Waals surface area contributed by atoms with Crippen LogP contribution < -0.4 is 10.1 Å². The number of anilines is 1. The van der Waals surface area contributed by atoms with E-state index in [-0.39, 0.29) is 0 Å². The Hall–Kier alpha value is -1.15. The Kier molecular flexibility index (Phi) is 5.05. The molecule has 0 spiro atoms. The second-order valence-corrected chi connectivity index (χ2v) is 3.61. The van der Waals surface area contributed by atoms with Crippen LogP contribution >= 0.6 is 11.6 Å². The molecule has 15 heavy (non-hydrogen) atoms. The lowest BCUT2D eigenvalue weighted by Crippen LogP contribution is -2.01. The van der Waals surface area contributed by atoms with E-state index in [4.69, 9.17) is 16.3 Å². The Morgan fingerprint density at radius 1 is 1.53 bits per heavy atom. The molecule has 0 aromatic heterocycles. The highest BCUT2D eigenvalue weighted by molar-refractivity contribution is 6.33. The van der Waals surface area contributed by atoms with Gasteiger partial charge in [0.25, 0.3) is 0 Å². The van der Waals surface area contributed by atoms with Crippen LogP contribution in [0.3, 0.4) is 0 Å². The molecule has 0 unspecified atom stereocenters. The molecule has 0 aliphatic heterocycles. The van der Waals surface area contributed by atoms with E-state index in [2.05, 4.69) is 11.9 Å². The molecule has 1 aromatic rings. The molecule has 1 aromatic carbocycles. The summed E-state index contributed by atoms with van der Waals surface area (Å²) in [5.74, 6) is 0.811. The number of halogens is 1. The van der Waals surface area contributed by atoms with Gasteiger partial charge >= 0.3 is 0 Å². The van der Waals surface area contributed by atoms with Crippen molar-refractivity contribution in [1.82, 2.24) is 0 Å². The third-order valence-electron chi connectivity index (χ3n) is 2.07. The number of ether oxygens (including phenoxy) is 1. The lowest BCUT2D eigenvalue weighted by Gasteiger charge is -2.09. The highest BCUT2D eigenvalue weighted by atomic mass is 35.5. The zero-order valence-corrected chi connectivity index (χ0v) is 9.68. The second kappa shape index (κ2) is 6.36. The Morgan fingerprint density at radius 3 is 3.00 bits per heavy atom. The van der Waals surface area contributed by atoms with Crippen LogP contribution in [0.5, 0.6) is 5.75 Å². The molecule has 0 heterocycles. The van der Waals surface area contributed by atoms with Gasteiger partial charge in [-0.2, -0.15) is 0 Å². The summed E-state index contributed by atoms with van der Waals surface area (Å²) in [5.41, 5.74) is 0.917. The first-order valence-electron chi connectivity index (χ1n) is 4.96. The van der Waals surface area contributed by atoms with Gasteiger partial charge in [-0.25, -0.2) is 0 Å². The van der Waals surface area contributed by atoms with Crippen LogP contribution in [-0.4, -0.2) is 13.7 Å². The quantitative estimate of drug-likeness (QED) is 0.589. The number of benzene rings is 1. The van der Waals surface area contributed by atoms with Gasteiger partial charge in [0.15, 0.2) is 0 Å². The first-order valence-corrected chi connectivity index (χ1v) is 5.34. The number of nitrogens with one attached hydrogen (secondary N) is 1. The molecule has 0 bridgehead atoms. The third-order valence-corrected chi connectivity index (χ3v) is 2.40. The summed E-state index contributed by atoms with van der Waals surface area (Å²) in [7, 11) is 1.64. The molecule has 2 nitrogen and oxygen atoms in total. The number of hydrogen-bond donors (Lipinski definition) is 1. The number of unbranched alkanes of at least 4 members (excludes halogenated alkanes) is 1. The number of methoxy groups -OCH3 is 1. The molecule has 0 atom stereocenters. The van der Waals surface area contributed by atoms with E-state index < -0.39 is 0 Å². The topological polar surface area (TPSA) is 21.3 Å². The van der Waals surface area contributed by atoms with Gasteiger partial charge in [0.05, 0.1) is 17.8 Å². The third kappa shape index (κ3) is 3.84. The average molecular weight is 226 g/mol. The fraction of sp³-hybridized carbons (Fsp3) is 0.333. The van der Waals surface area contributed by atoms with Gasteiger partial charge in [0.2, 0.25) is 0 Å². The molecule has 0 radical (unpaired) electrons. The Bertz CT molecular complexity index is 325. The number of rotatable bonds is 6. The molecule has 0 saturated carbocycles. The minimum Gasteiger partial charge on any atom is -0.497 e. The van der Waals surface area contributed by atoms with Crippen LogP contribution in [0.15, 0.2) is 30.9 Å². The Morgan fingerprint density at radius 2 is 2.33 bits per heavy atom. The molecule has 0 saturated heterocycles. The summed E-state index contributed by atoms with van der Waals surface area (Å²) in [6.45, 7) is 4.56. The van der Waals surface area contributed by atoms with E-state index in [1.807, 2.05) is 24.3 Å². The Labute approximate surface area is 95.9 Å². The van der Waals surface area contributed by atoms with Crippen LogP contribution in [-0.2, 0) is 0 Å². The van der Waals surface area contributed by atoms with Gasteiger partial charge in [-0.1, -0.05) is 17.7 Å². The SMILES string of the molecule is C=CCCCNc1cc(OC)ccc1Cl. The van der Waals surface area contributed by atoms with Crippen LogP contribution in [0.4, 0.5) is 5.69 Å². The van der Waals surface area contributed by atoms with Crippen molar-refractivity contribution >= 4 is 17.3 Å². The molecule has 0 aliphatic carbocycles. The van der Waals surface area contributed by atoms with Crippen molar-refractivity contribution in [2.24, 2.45) is 0 Å². The van der Waals surface area contributed by atoms with Crippen LogP contribution in [0.1, 0.15) is 12.8 Å². The molecular weight excluding hydrogens is 210 g/mol. The number of hydrogen-bond acceptors (Lipinski definition) is 2. The van der Waals surface area contributed by atoms with E-state index in [1.54, 1.807) is 7.11 Å². The normalized spacial score (nSPS) is 9.73. The van der Waals surface area contributed by atoms with Crippen LogP contribution in [0.25, 0.3) is 0 Å². The molecule has 0 fully saturated rings. The lowest BCUT2D eigenvalue weighted by molar-refractivity contribution is 0.415. The lowest BCUT2D eigenvalue weighted by atomic mass is 10.2. The summed E-state index contributed by atoms with van der Waals surface area (Å²) in [6.07, 6.45) is 3.97. The summed E-state index contributed by atoms with van der Waals surface area (Å²) in [4.78, 5) is 0. The van der Waals surface area contributed by atoms with Crippen molar-refractivity contribution in [3.63, 3.8) is 0 Å². The summed E-state index contributed by atoms with van der Waals surface area (Å²) < 4.78 is 5.12.